The lowest BCUT2D eigenvalue weighted by molar-refractivity contribution is 0.620. The smallest absolute Gasteiger partial charge is 0.122 e. The lowest BCUT2D eigenvalue weighted by Gasteiger charge is -2.17. The minimum atomic E-state index is 0.356. The summed E-state index contributed by atoms with van der Waals surface area (Å²) in [4.78, 5) is 4.50. The highest BCUT2D eigenvalue weighted by molar-refractivity contribution is 7.80. The van der Waals surface area contributed by atoms with Crippen LogP contribution in [0.15, 0.2) is 18.3 Å². The standard InChI is InChI=1S/C13H19N3S/c14-13(17)12-9-11(7-8-15-12)16-10-5-3-1-2-4-6-10/h7-10H,1-6H2,(H2,14,17)(H,15,16). The maximum atomic E-state index is 5.58. The molecule has 0 unspecified atom stereocenters. The molecule has 3 nitrogen and oxygen atoms in total. The van der Waals surface area contributed by atoms with Gasteiger partial charge in [0, 0.05) is 17.9 Å². The minimum absolute atomic E-state index is 0.356. The third-order valence-corrected chi connectivity index (χ3v) is 3.45. The quantitative estimate of drug-likeness (QED) is 0.639. The van der Waals surface area contributed by atoms with Crippen LogP contribution in [0.5, 0.6) is 0 Å². The Morgan fingerprint density at radius 1 is 1.29 bits per heavy atom. The molecule has 2 rings (SSSR count). The van der Waals surface area contributed by atoms with E-state index in [0.29, 0.717) is 16.7 Å². The Hall–Kier alpha value is -1.16. The number of rotatable bonds is 3. The van der Waals surface area contributed by atoms with Crippen LogP contribution >= 0.6 is 12.2 Å². The third-order valence-electron chi connectivity index (χ3n) is 3.24. The van der Waals surface area contributed by atoms with Gasteiger partial charge in [0.05, 0.1) is 5.69 Å². The zero-order valence-electron chi connectivity index (χ0n) is 9.98. The van der Waals surface area contributed by atoms with Crippen molar-refractivity contribution in [1.29, 1.82) is 0 Å². The number of thiocarbonyl (C=S) groups is 1. The second kappa shape index (κ2) is 5.96. The van der Waals surface area contributed by atoms with Crippen LogP contribution in [0.1, 0.15) is 44.2 Å². The molecule has 1 aliphatic carbocycles. The molecule has 4 heteroatoms. The summed E-state index contributed by atoms with van der Waals surface area (Å²) in [7, 11) is 0. The van der Waals surface area contributed by atoms with Crippen LogP contribution in [0.4, 0.5) is 5.69 Å². The number of hydrogen-bond donors (Lipinski definition) is 2. The maximum Gasteiger partial charge on any atom is 0.122 e. The lowest BCUT2D eigenvalue weighted by Crippen LogP contribution is -2.19. The number of nitrogens with two attached hydrogens (primary N) is 1. The Balaban J connectivity index is 2.01. The molecule has 0 aliphatic heterocycles. The average Bonchev–Trinajstić information content (AvgIpc) is 2.58. The van der Waals surface area contributed by atoms with Gasteiger partial charge in [0.25, 0.3) is 0 Å². The number of aromatic nitrogens is 1. The number of nitrogens with one attached hydrogen (secondary N) is 1. The molecule has 92 valence electrons. The van der Waals surface area contributed by atoms with Crippen LogP contribution in [-0.4, -0.2) is 16.0 Å². The van der Waals surface area contributed by atoms with E-state index in [1.807, 2.05) is 12.1 Å². The van der Waals surface area contributed by atoms with Gasteiger partial charge < -0.3 is 11.1 Å². The number of hydrogen-bond acceptors (Lipinski definition) is 3. The van der Waals surface area contributed by atoms with Gasteiger partial charge in [-0.05, 0) is 25.0 Å². The van der Waals surface area contributed by atoms with Crippen molar-refractivity contribution in [3.8, 4) is 0 Å². The van der Waals surface area contributed by atoms with Gasteiger partial charge in [-0.1, -0.05) is 37.9 Å². The van der Waals surface area contributed by atoms with E-state index in [-0.39, 0.29) is 0 Å². The van der Waals surface area contributed by atoms with E-state index < -0.39 is 0 Å². The minimum Gasteiger partial charge on any atom is -0.388 e. The highest BCUT2D eigenvalue weighted by atomic mass is 32.1. The van der Waals surface area contributed by atoms with Gasteiger partial charge in [0.15, 0.2) is 0 Å². The Morgan fingerprint density at radius 2 is 2.00 bits per heavy atom. The van der Waals surface area contributed by atoms with E-state index in [1.165, 1.54) is 38.5 Å². The molecule has 0 atom stereocenters. The summed E-state index contributed by atoms with van der Waals surface area (Å²) in [5.41, 5.74) is 7.35. The van der Waals surface area contributed by atoms with Crippen molar-refractivity contribution in [2.24, 2.45) is 5.73 Å². The molecule has 1 aromatic rings. The summed E-state index contributed by atoms with van der Waals surface area (Å²) in [6, 6.07) is 4.50. The van der Waals surface area contributed by atoms with Crippen LogP contribution in [0, 0.1) is 0 Å². The molecule has 0 spiro atoms. The summed E-state index contributed by atoms with van der Waals surface area (Å²) >= 11 is 4.94. The normalized spacial score (nSPS) is 17.4. The molecular weight excluding hydrogens is 230 g/mol. The Bertz CT molecular complexity index is 384. The number of nitrogens with zero attached hydrogens (tertiary/aromatic N) is 1. The second-order valence-corrected chi connectivity index (χ2v) is 5.07. The van der Waals surface area contributed by atoms with Crippen LogP contribution in [-0.2, 0) is 0 Å². The molecular formula is C13H19N3S. The Labute approximate surface area is 108 Å². The summed E-state index contributed by atoms with van der Waals surface area (Å²) in [6.45, 7) is 0. The molecule has 1 aromatic heterocycles. The first kappa shape index (κ1) is 12.3. The first-order chi connectivity index (χ1) is 8.25. The molecule has 1 saturated carbocycles. The second-order valence-electron chi connectivity index (χ2n) is 4.63. The van der Waals surface area contributed by atoms with Crippen molar-refractivity contribution >= 4 is 22.9 Å². The third kappa shape index (κ3) is 3.66. The van der Waals surface area contributed by atoms with Gasteiger partial charge in [-0.15, -0.1) is 0 Å². The predicted molar refractivity (Wildman–Crippen MR) is 75.2 cm³/mol. The van der Waals surface area contributed by atoms with Crippen LogP contribution in [0.25, 0.3) is 0 Å². The molecule has 0 amide bonds. The molecule has 1 fully saturated rings. The van der Waals surface area contributed by atoms with Crippen LogP contribution < -0.4 is 11.1 Å². The lowest BCUT2D eigenvalue weighted by atomic mass is 10.1. The zero-order valence-corrected chi connectivity index (χ0v) is 10.8. The molecule has 0 bridgehead atoms. The number of pyridine rings is 1. The monoisotopic (exact) mass is 249 g/mol. The Kier molecular flexibility index (Phi) is 4.31. The van der Waals surface area contributed by atoms with Crippen LogP contribution in [0.2, 0.25) is 0 Å². The largest absolute Gasteiger partial charge is 0.388 e. The van der Waals surface area contributed by atoms with E-state index >= 15 is 0 Å². The van der Waals surface area contributed by atoms with Gasteiger partial charge in [0.1, 0.15) is 4.99 Å². The molecule has 3 N–H and O–H groups in total. The van der Waals surface area contributed by atoms with Gasteiger partial charge in [-0.25, -0.2) is 0 Å². The molecule has 1 aliphatic rings. The highest BCUT2D eigenvalue weighted by Gasteiger charge is 2.12. The predicted octanol–water partition coefficient (Wildman–Crippen LogP) is 2.85. The van der Waals surface area contributed by atoms with Gasteiger partial charge >= 0.3 is 0 Å². The summed E-state index contributed by atoms with van der Waals surface area (Å²) in [5.74, 6) is 0. The van der Waals surface area contributed by atoms with E-state index in [2.05, 4.69) is 10.3 Å². The highest BCUT2D eigenvalue weighted by Crippen LogP contribution is 2.21. The van der Waals surface area contributed by atoms with E-state index in [9.17, 15) is 0 Å². The van der Waals surface area contributed by atoms with Crippen molar-refractivity contribution in [3.63, 3.8) is 0 Å². The van der Waals surface area contributed by atoms with E-state index in [1.54, 1.807) is 6.20 Å². The van der Waals surface area contributed by atoms with Crippen molar-refractivity contribution < 1.29 is 0 Å². The van der Waals surface area contributed by atoms with Crippen LogP contribution in [0.3, 0.4) is 0 Å². The molecule has 1 heterocycles. The fourth-order valence-electron chi connectivity index (χ4n) is 2.31. The van der Waals surface area contributed by atoms with Gasteiger partial charge in [0.2, 0.25) is 0 Å². The maximum absolute atomic E-state index is 5.58. The molecule has 17 heavy (non-hydrogen) atoms. The summed E-state index contributed by atoms with van der Waals surface area (Å²) in [5, 5.41) is 3.56. The van der Waals surface area contributed by atoms with Crippen molar-refractivity contribution in [2.75, 3.05) is 5.32 Å². The Morgan fingerprint density at radius 3 is 2.65 bits per heavy atom. The first-order valence-electron chi connectivity index (χ1n) is 6.28. The zero-order chi connectivity index (χ0) is 12.1. The van der Waals surface area contributed by atoms with Crippen molar-refractivity contribution in [3.05, 3.63) is 24.0 Å². The first-order valence-corrected chi connectivity index (χ1v) is 6.69. The fraction of sp³-hybridized carbons (Fsp3) is 0.538. The molecule has 0 radical (unpaired) electrons. The van der Waals surface area contributed by atoms with Crippen molar-refractivity contribution in [1.82, 2.24) is 4.98 Å². The summed E-state index contributed by atoms with van der Waals surface area (Å²) < 4.78 is 0. The molecule has 0 aromatic carbocycles. The average molecular weight is 249 g/mol. The molecule has 0 saturated heterocycles. The number of anilines is 1. The fourth-order valence-corrected chi connectivity index (χ4v) is 2.43. The van der Waals surface area contributed by atoms with E-state index in [4.69, 9.17) is 18.0 Å². The van der Waals surface area contributed by atoms with Gasteiger partial charge in [-0.3, -0.25) is 4.98 Å². The van der Waals surface area contributed by atoms with E-state index in [0.717, 1.165) is 5.69 Å². The van der Waals surface area contributed by atoms with Gasteiger partial charge in [-0.2, -0.15) is 0 Å². The SMILES string of the molecule is NC(=S)c1cc(NC2CCCCCC2)ccn1. The summed E-state index contributed by atoms with van der Waals surface area (Å²) in [6.07, 6.45) is 9.65. The topological polar surface area (TPSA) is 50.9 Å². The van der Waals surface area contributed by atoms with Crippen molar-refractivity contribution in [2.45, 2.75) is 44.6 Å².